The molecule has 0 aliphatic heterocycles. The molecule has 122 valence electrons. The topological polar surface area (TPSA) is 89.4 Å². The minimum Gasteiger partial charge on any atom is -0.465 e. The van der Waals surface area contributed by atoms with E-state index in [-0.39, 0.29) is 18.3 Å². The van der Waals surface area contributed by atoms with Gasteiger partial charge in [0.25, 0.3) is 5.91 Å². The zero-order valence-corrected chi connectivity index (χ0v) is 13.3. The van der Waals surface area contributed by atoms with E-state index in [2.05, 4.69) is 15.6 Å². The molecule has 0 saturated heterocycles. The second-order valence-corrected chi connectivity index (χ2v) is 5.00. The molecule has 0 aliphatic rings. The smallest absolute Gasteiger partial charge is 0.327 e. The first kappa shape index (κ1) is 16.5. The fourth-order valence-corrected chi connectivity index (χ4v) is 1.87. The van der Waals surface area contributed by atoms with Crippen LogP contribution in [0.3, 0.4) is 0 Å². The number of nitrogens with zero attached hydrogens (tertiary/aromatic N) is 4. The summed E-state index contributed by atoms with van der Waals surface area (Å²) in [5.41, 5.74) is 1.51. The number of aromatic nitrogens is 3. The summed E-state index contributed by atoms with van der Waals surface area (Å²) >= 11 is 0. The molecule has 0 bridgehead atoms. The Balaban J connectivity index is 1.97. The molecule has 1 N–H and O–H groups in total. The Hall–Kier alpha value is -2.90. The molecule has 8 heteroatoms. The monoisotopic (exact) mass is 317 g/mol. The van der Waals surface area contributed by atoms with Crippen LogP contribution in [-0.2, 0) is 16.1 Å². The van der Waals surface area contributed by atoms with Gasteiger partial charge in [-0.15, -0.1) is 5.10 Å². The van der Waals surface area contributed by atoms with Gasteiger partial charge in [0.05, 0.1) is 12.8 Å². The summed E-state index contributed by atoms with van der Waals surface area (Å²) < 4.78 is 6.13. The van der Waals surface area contributed by atoms with Gasteiger partial charge in [0, 0.05) is 25.3 Å². The Bertz CT molecular complexity index is 679. The van der Waals surface area contributed by atoms with Crippen molar-refractivity contribution in [3.05, 3.63) is 36.0 Å². The van der Waals surface area contributed by atoms with E-state index in [1.807, 2.05) is 31.1 Å². The zero-order valence-electron chi connectivity index (χ0n) is 13.3. The molecule has 0 unspecified atom stereocenters. The van der Waals surface area contributed by atoms with Gasteiger partial charge in [-0.2, -0.15) is 0 Å². The molecule has 0 radical (unpaired) electrons. The van der Waals surface area contributed by atoms with Crippen LogP contribution in [0.4, 0.5) is 11.5 Å². The Morgan fingerprint density at radius 3 is 2.57 bits per heavy atom. The van der Waals surface area contributed by atoms with Gasteiger partial charge >= 0.3 is 5.97 Å². The van der Waals surface area contributed by atoms with E-state index in [1.165, 1.54) is 10.9 Å². The fraction of sp³-hybridized carbons (Fsp3) is 0.333. The second kappa shape index (κ2) is 7.39. The van der Waals surface area contributed by atoms with E-state index in [9.17, 15) is 9.59 Å². The first-order valence-electron chi connectivity index (χ1n) is 7.14. The lowest BCUT2D eigenvalue weighted by molar-refractivity contribution is -0.144. The number of carbonyl (C=O) groups excluding carboxylic acids is 2. The highest BCUT2D eigenvalue weighted by Gasteiger charge is 2.11. The lowest BCUT2D eigenvalue weighted by Crippen LogP contribution is -2.14. The van der Waals surface area contributed by atoms with Crippen molar-refractivity contribution in [3.8, 4) is 0 Å². The summed E-state index contributed by atoms with van der Waals surface area (Å²) in [7, 11) is 3.86. The van der Waals surface area contributed by atoms with Gasteiger partial charge in [-0.1, -0.05) is 5.21 Å². The third kappa shape index (κ3) is 4.53. The zero-order chi connectivity index (χ0) is 16.8. The van der Waals surface area contributed by atoms with Crippen molar-refractivity contribution in [1.82, 2.24) is 15.0 Å². The second-order valence-electron chi connectivity index (χ2n) is 5.00. The number of amides is 1. The highest BCUT2D eigenvalue weighted by atomic mass is 16.5. The van der Waals surface area contributed by atoms with Crippen molar-refractivity contribution < 1.29 is 14.3 Å². The molecule has 2 rings (SSSR count). The van der Waals surface area contributed by atoms with Crippen LogP contribution in [0.15, 0.2) is 30.5 Å². The van der Waals surface area contributed by atoms with Crippen molar-refractivity contribution in [1.29, 1.82) is 0 Å². The van der Waals surface area contributed by atoms with Crippen LogP contribution in [0.5, 0.6) is 0 Å². The molecule has 2 aromatic rings. The molecule has 1 aromatic carbocycles. The lowest BCUT2D eigenvalue weighted by Gasteiger charge is -2.12. The maximum Gasteiger partial charge on any atom is 0.327 e. The van der Waals surface area contributed by atoms with Crippen molar-refractivity contribution >= 4 is 23.4 Å². The maximum atomic E-state index is 12.1. The third-order valence-electron chi connectivity index (χ3n) is 3.02. The highest BCUT2D eigenvalue weighted by molar-refractivity contribution is 6.03. The van der Waals surface area contributed by atoms with Gasteiger partial charge in [0.2, 0.25) is 0 Å². The standard InChI is InChI=1S/C15H19N5O3/c1-4-23-14(21)10-20-9-13(17-18-20)16-15(22)11-5-7-12(8-6-11)19(2)3/h5-9H,4,10H2,1-3H3,(H,16,22). The SMILES string of the molecule is CCOC(=O)Cn1cc(NC(=O)c2ccc(N(C)C)cc2)nn1. The van der Waals surface area contributed by atoms with Crippen molar-refractivity contribution in [2.45, 2.75) is 13.5 Å². The molecular weight excluding hydrogens is 298 g/mol. The Labute approximate surface area is 134 Å². The number of hydrogen-bond donors (Lipinski definition) is 1. The van der Waals surface area contributed by atoms with E-state index in [4.69, 9.17) is 4.74 Å². The van der Waals surface area contributed by atoms with Gasteiger partial charge in [0.15, 0.2) is 5.82 Å². The van der Waals surface area contributed by atoms with Crippen molar-refractivity contribution in [2.24, 2.45) is 0 Å². The van der Waals surface area contributed by atoms with Crippen LogP contribution in [0.2, 0.25) is 0 Å². The molecule has 0 aliphatic carbocycles. The van der Waals surface area contributed by atoms with Gasteiger partial charge in [-0.05, 0) is 31.2 Å². The first-order valence-corrected chi connectivity index (χ1v) is 7.14. The van der Waals surface area contributed by atoms with Crippen molar-refractivity contribution in [3.63, 3.8) is 0 Å². The first-order chi connectivity index (χ1) is 11.0. The summed E-state index contributed by atoms with van der Waals surface area (Å²) in [5.74, 6) is -0.427. The average Bonchev–Trinajstić information content (AvgIpc) is 2.94. The molecule has 1 aromatic heterocycles. The van der Waals surface area contributed by atoms with Crippen LogP contribution in [0, 0.1) is 0 Å². The summed E-state index contributed by atoms with van der Waals surface area (Å²) in [4.78, 5) is 25.4. The lowest BCUT2D eigenvalue weighted by atomic mass is 10.2. The Morgan fingerprint density at radius 2 is 1.96 bits per heavy atom. The Kier molecular flexibility index (Phi) is 5.29. The van der Waals surface area contributed by atoms with Crippen LogP contribution in [0.25, 0.3) is 0 Å². The van der Waals surface area contributed by atoms with Crippen LogP contribution >= 0.6 is 0 Å². The Morgan fingerprint density at radius 1 is 1.26 bits per heavy atom. The van der Waals surface area contributed by atoms with E-state index in [0.717, 1.165) is 5.69 Å². The predicted octanol–water partition coefficient (Wildman–Crippen LogP) is 1.16. The maximum absolute atomic E-state index is 12.1. The summed E-state index contributed by atoms with van der Waals surface area (Å²) in [6.45, 7) is 1.99. The van der Waals surface area contributed by atoms with E-state index in [1.54, 1.807) is 19.1 Å². The van der Waals surface area contributed by atoms with E-state index < -0.39 is 5.97 Å². The van der Waals surface area contributed by atoms with Gasteiger partial charge in [-0.25, -0.2) is 4.68 Å². The number of esters is 1. The number of hydrogen-bond acceptors (Lipinski definition) is 6. The van der Waals surface area contributed by atoms with Gasteiger partial charge in [0.1, 0.15) is 6.54 Å². The average molecular weight is 317 g/mol. The number of ether oxygens (including phenoxy) is 1. The largest absolute Gasteiger partial charge is 0.465 e. The molecule has 8 nitrogen and oxygen atoms in total. The van der Waals surface area contributed by atoms with Gasteiger partial charge < -0.3 is 15.0 Å². The normalized spacial score (nSPS) is 10.2. The summed E-state index contributed by atoms with van der Waals surface area (Å²) in [6.07, 6.45) is 1.48. The summed E-state index contributed by atoms with van der Waals surface area (Å²) in [5, 5.41) is 10.2. The van der Waals surface area contributed by atoms with E-state index in [0.29, 0.717) is 12.2 Å². The third-order valence-corrected chi connectivity index (χ3v) is 3.02. The number of carbonyl (C=O) groups is 2. The molecule has 1 amide bonds. The van der Waals surface area contributed by atoms with Crippen LogP contribution in [0.1, 0.15) is 17.3 Å². The number of nitrogens with one attached hydrogen (secondary N) is 1. The quantitative estimate of drug-likeness (QED) is 0.804. The molecule has 0 spiro atoms. The van der Waals surface area contributed by atoms with Gasteiger partial charge in [-0.3, -0.25) is 9.59 Å². The molecule has 0 saturated carbocycles. The van der Waals surface area contributed by atoms with Crippen molar-refractivity contribution in [2.75, 3.05) is 30.9 Å². The summed E-state index contributed by atoms with van der Waals surface area (Å²) in [6, 6.07) is 7.17. The number of anilines is 2. The highest BCUT2D eigenvalue weighted by Crippen LogP contribution is 2.13. The fourth-order valence-electron chi connectivity index (χ4n) is 1.87. The number of rotatable bonds is 6. The van der Waals surface area contributed by atoms with E-state index >= 15 is 0 Å². The molecule has 1 heterocycles. The molecule has 23 heavy (non-hydrogen) atoms. The number of benzene rings is 1. The minimum absolute atomic E-state index is 0.0474. The minimum atomic E-state index is -0.408. The molecule has 0 atom stereocenters. The molecule has 0 fully saturated rings. The van der Waals surface area contributed by atoms with Crippen LogP contribution < -0.4 is 10.2 Å². The van der Waals surface area contributed by atoms with Crippen LogP contribution in [-0.4, -0.2) is 47.6 Å². The predicted molar refractivity (Wildman–Crippen MR) is 85.4 cm³/mol. The molecular formula is C15H19N5O3.